The summed E-state index contributed by atoms with van der Waals surface area (Å²) < 4.78 is 8.94. The SMILES string of the molecule is CC1(C)c2ccc(Oc3cccc(-c4ccccn4)c3)cc2N(c2ccccn2)c2ccc3c(c21)c1ccccc1n3-c1ccccc1. The number of fused-ring (bicyclic) bond motifs is 6. The fourth-order valence-corrected chi connectivity index (χ4v) is 7.40. The molecule has 0 bridgehead atoms. The number of nitrogens with zero attached hydrogens (tertiary/aromatic N) is 4. The molecule has 1 aliphatic heterocycles. The van der Waals surface area contributed by atoms with Crippen LogP contribution < -0.4 is 9.64 Å². The van der Waals surface area contributed by atoms with E-state index in [2.05, 4.69) is 125 Å². The molecular weight excluding hydrogens is 589 g/mol. The maximum Gasteiger partial charge on any atom is 0.137 e. The lowest BCUT2D eigenvalue weighted by atomic mass is 9.72. The van der Waals surface area contributed by atoms with Crippen molar-refractivity contribution in [3.8, 4) is 28.4 Å². The summed E-state index contributed by atoms with van der Waals surface area (Å²) in [6.07, 6.45) is 3.67. The van der Waals surface area contributed by atoms with Crippen molar-refractivity contribution in [2.45, 2.75) is 19.3 Å². The van der Waals surface area contributed by atoms with Gasteiger partial charge in [-0.3, -0.25) is 9.88 Å². The van der Waals surface area contributed by atoms with Crippen molar-refractivity contribution in [1.82, 2.24) is 14.5 Å². The molecule has 3 aromatic heterocycles. The van der Waals surface area contributed by atoms with Crippen molar-refractivity contribution >= 4 is 39.0 Å². The smallest absolute Gasteiger partial charge is 0.137 e. The summed E-state index contributed by atoms with van der Waals surface area (Å²) in [6.45, 7) is 4.68. The van der Waals surface area contributed by atoms with Gasteiger partial charge in [0.2, 0.25) is 0 Å². The van der Waals surface area contributed by atoms with Crippen LogP contribution in [-0.2, 0) is 5.41 Å². The third-order valence-electron chi connectivity index (χ3n) is 9.49. The molecule has 5 nitrogen and oxygen atoms in total. The summed E-state index contributed by atoms with van der Waals surface area (Å²) in [5, 5.41) is 2.49. The second kappa shape index (κ2) is 11.0. The molecule has 1 aliphatic rings. The Labute approximate surface area is 279 Å². The molecule has 230 valence electrons. The number of rotatable bonds is 5. The normalized spacial score (nSPS) is 13.3. The molecule has 9 rings (SSSR count). The Morgan fingerprint density at radius 2 is 1.35 bits per heavy atom. The first-order valence-corrected chi connectivity index (χ1v) is 16.2. The van der Waals surface area contributed by atoms with Crippen LogP contribution in [0.2, 0.25) is 0 Å². The Morgan fingerprint density at radius 3 is 2.17 bits per heavy atom. The molecule has 0 atom stereocenters. The number of para-hydroxylation sites is 2. The largest absolute Gasteiger partial charge is 0.457 e. The van der Waals surface area contributed by atoms with E-state index in [1.807, 2.05) is 60.9 Å². The van der Waals surface area contributed by atoms with Gasteiger partial charge in [0, 0.05) is 45.9 Å². The van der Waals surface area contributed by atoms with Crippen LogP contribution >= 0.6 is 0 Å². The van der Waals surface area contributed by atoms with E-state index in [-0.39, 0.29) is 5.41 Å². The van der Waals surface area contributed by atoms with Gasteiger partial charge in [0.25, 0.3) is 0 Å². The van der Waals surface area contributed by atoms with Crippen LogP contribution in [0, 0.1) is 0 Å². The molecule has 0 aliphatic carbocycles. The van der Waals surface area contributed by atoms with Gasteiger partial charge in [-0.25, -0.2) is 4.98 Å². The first-order chi connectivity index (χ1) is 23.6. The van der Waals surface area contributed by atoms with E-state index in [4.69, 9.17) is 9.72 Å². The number of hydrogen-bond donors (Lipinski definition) is 0. The molecule has 0 fully saturated rings. The molecule has 0 saturated heterocycles. The van der Waals surface area contributed by atoms with Gasteiger partial charge < -0.3 is 9.30 Å². The third-order valence-corrected chi connectivity index (χ3v) is 9.49. The van der Waals surface area contributed by atoms with E-state index in [9.17, 15) is 0 Å². The lowest BCUT2D eigenvalue weighted by Gasteiger charge is -2.42. The number of benzene rings is 5. The molecular formula is C43H32N4O. The summed E-state index contributed by atoms with van der Waals surface area (Å²) in [5.41, 5.74) is 9.76. The molecule has 48 heavy (non-hydrogen) atoms. The zero-order valence-electron chi connectivity index (χ0n) is 26.7. The molecule has 0 unspecified atom stereocenters. The second-order valence-electron chi connectivity index (χ2n) is 12.7. The number of hydrogen-bond acceptors (Lipinski definition) is 4. The molecule has 0 radical (unpaired) electrons. The molecule has 5 heteroatoms. The van der Waals surface area contributed by atoms with E-state index < -0.39 is 0 Å². The zero-order valence-corrected chi connectivity index (χ0v) is 26.7. The van der Waals surface area contributed by atoms with Gasteiger partial charge in [0.05, 0.1) is 28.1 Å². The molecule has 0 amide bonds. The summed E-state index contributed by atoms with van der Waals surface area (Å²) in [4.78, 5) is 11.7. The number of anilines is 3. The van der Waals surface area contributed by atoms with Crippen molar-refractivity contribution < 1.29 is 4.74 Å². The van der Waals surface area contributed by atoms with Gasteiger partial charge in [-0.15, -0.1) is 0 Å². The van der Waals surface area contributed by atoms with Crippen LogP contribution in [0.4, 0.5) is 17.2 Å². The predicted molar refractivity (Wildman–Crippen MR) is 195 cm³/mol. The minimum absolute atomic E-state index is 0.335. The second-order valence-corrected chi connectivity index (χ2v) is 12.7. The molecule has 0 N–H and O–H groups in total. The highest BCUT2D eigenvalue weighted by atomic mass is 16.5. The quantitative estimate of drug-likeness (QED) is 0.192. The minimum Gasteiger partial charge on any atom is -0.457 e. The number of ether oxygens (including phenoxy) is 1. The molecule has 8 aromatic rings. The van der Waals surface area contributed by atoms with Crippen molar-refractivity contribution in [3.05, 3.63) is 169 Å². The van der Waals surface area contributed by atoms with E-state index in [0.717, 1.165) is 45.6 Å². The summed E-state index contributed by atoms with van der Waals surface area (Å²) in [6, 6.07) is 50.5. The summed E-state index contributed by atoms with van der Waals surface area (Å²) >= 11 is 0. The molecule has 4 heterocycles. The van der Waals surface area contributed by atoms with Crippen LogP contribution in [0.5, 0.6) is 11.5 Å². The topological polar surface area (TPSA) is 43.2 Å². The van der Waals surface area contributed by atoms with Crippen LogP contribution in [0.1, 0.15) is 25.0 Å². The highest BCUT2D eigenvalue weighted by Gasteiger charge is 2.40. The fraction of sp³-hybridized carbons (Fsp3) is 0.0698. The van der Waals surface area contributed by atoms with Gasteiger partial charge in [-0.1, -0.05) is 80.6 Å². The minimum atomic E-state index is -0.335. The maximum atomic E-state index is 6.55. The molecule has 5 aromatic carbocycles. The Bertz CT molecular complexity index is 2450. The number of aromatic nitrogens is 3. The third kappa shape index (κ3) is 4.39. The van der Waals surface area contributed by atoms with E-state index in [1.165, 1.54) is 32.9 Å². The van der Waals surface area contributed by atoms with Gasteiger partial charge in [0.1, 0.15) is 17.3 Å². The standard InChI is InChI=1S/C43H32N4O/c1-43(2)34-22-21-32(48-31-16-12-13-29(27-31)35-18-8-10-25-44-35)28-39(34)47(40-20-9-11-26-45-40)38-24-23-37-41(42(38)43)33-17-6-7-19-36(33)46(37)30-14-4-3-5-15-30/h3-28H,1-2H3. The number of pyridine rings is 2. The van der Waals surface area contributed by atoms with Crippen LogP contribution in [-0.4, -0.2) is 14.5 Å². The van der Waals surface area contributed by atoms with Gasteiger partial charge in [-0.05, 0) is 83.9 Å². The van der Waals surface area contributed by atoms with Crippen LogP contribution in [0.3, 0.4) is 0 Å². The summed E-state index contributed by atoms with van der Waals surface area (Å²) in [5.74, 6) is 2.37. The van der Waals surface area contributed by atoms with Gasteiger partial charge in [0.15, 0.2) is 0 Å². The van der Waals surface area contributed by atoms with Crippen molar-refractivity contribution in [2.24, 2.45) is 0 Å². The van der Waals surface area contributed by atoms with Gasteiger partial charge in [-0.2, -0.15) is 0 Å². The molecule has 0 spiro atoms. The van der Waals surface area contributed by atoms with E-state index in [0.29, 0.717) is 0 Å². The Kier molecular flexibility index (Phi) is 6.40. The van der Waals surface area contributed by atoms with Crippen LogP contribution in [0.15, 0.2) is 158 Å². The van der Waals surface area contributed by atoms with Crippen molar-refractivity contribution in [2.75, 3.05) is 4.90 Å². The van der Waals surface area contributed by atoms with E-state index >= 15 is 0 Å². The van der Waals surface area contributed by atoms with Crippen LogP contribution in [0.25, 0.3) is 38.8 Å². The first-order valence-electron chi connectivity index (χ1n) is 16.2. The lowest BCUT2D eigenvalue weighted by molar-refractivity contribution is 0.482. The highest BCUT2D eigenvalue weighted by molar-refractivity contribution is 6.14. The Balaban J connectivity index is 1.25. The van der Waals surface area contributed by atoms with Crippen molar-refractivity contribution in [3.63, 3.8) is 0 Å². The predicted octanol–water partition coefficient (Wildman–Crippen LogP) is 11.1. The van der Waals surface area contributed by atoms with Crippen molar-refractivity contribution in [1.29, 1.82) is 0 Å². The lowest BCUT2D eigenvalue weighted by Crippen LogP contribution is -2.31. The fourth-order valence-electron chi connectivity index (χ4n) is 7.40. The average Bonchev–Trinajstić information content (AvgIpc) is 3.47. The maximum absolute atomic E-state index is 6.55. The Hall–Kier alpha value is -6.20. The van der Waals surface area contributed by atoms with E-state index in [1.54, 1.807) is 0 Å². The van der Waals surface area contributed by atoms with Gasteiger partial charge >= 0.3 is 0 Å². The molecule has 0 saturated carbocycles. The zero-order chi connectivity index (χ0) is 32.2. The first kappa shape index (κ1) is 28.1. The highest BCUT2D eigenvalue weighted by Crippen LogP contribution is 2.55. The summed E-state index contributed by atoms with van der Waals surface area (Å²) in [7, 11) is 0. The monoisotopic (exact) mass is 620 g/mol. The average molecular weight is 621 g/mol. The Morgan fingerprint density at radius 1 is 0.583 bits per heavy atom.